The average molecular weight is 392 g/mol. The highest BCUT2D eigenvalue weighted by Crippen LogP contribution is 2.40. The maximum atomic E-state index is 12.1. The van der Waals surface area contributed by atoms with Gasteiger partial charge in [0.25, 0.3) is 0 Å². The van der Waals surface area contributed by atoms with E-state index in [9.17, 15) is 9.90 Å². The molecule has 0 aromatic heterocycles. The molecule has 0 saturated carbocycles. The summed E-state index contributed by atoms with van der Waals surface area (Å²) >= 11 is 0. The fourth-order valence-electron chi connectivity index (χ4n) is 3.61. The normalized spacial score (nSPS) is 18.0. The first-order valence-corrected chi connectivity index (χ1v) is 10.2. The summed E-state index contributed by atoms with van der Waals surface area (Å²) in [6, 6.07) is 6.41. The van der Waals surface area contributed by atoms with Gasteiger partial charge in [0, 0.05) is 11.8 Å². The van der Waals surface area contributed by atoms with Crippen LogP contribution in [-0.2, 0) is 4.79 Å². The predicted molar refractivity (Wildman–Crippen MR) is 123 cm³/mol. The Morgan fingerprint density at radius 1 is 1.10 bits per heavy atom. The number of benzene rings is 1. The number of phenolic OH excluding ortho intramolecular Hbond substituents is 1. The number of nitrogens with one attached hydrogen (secondary N) is 1. The van der Waals surface area contributed by atoms with Gasteiger partial charge in [-0.15, -0.1) is 0 Å². The molecular formula is C26H33NO2. The van der Waals surface area contributed by atoms with Gasteiger partial charge in [-0.2, -0.15) is 0 Å². The minimum atomic E-state index is -0.194. The smallest absolute Gasteiger partial charge is 0.248 e. The second-order valence-electron chi connectivity index (χ2n) is 8.46. The zero-order valence-corrected chi connectivity index (χ0v) is 18.3. The molecule has 0 aliphatic heterocycles. The first kappa shape index (κ1) is 22.5. The van der Waals surface area contributed by atoms with Crippen LogP contribution in [0, 0.1) is 5.41 Å². The Kier molecular flexibility index (Phi) is 7.83. The zero-order valence-electron chi connectivity index (χ0n) is 18.3. The highest BCUT2D eigenvalue weighted by molar-refractivity contribution is 5.99. The maximum absolute atomic E-state index is 12.1. The van der Waals surface area contributed by atoms with Crippen molar-refractivity contribution in [2.24, 2.45) is 5.41 Å². The molecule has 1 aromatic carbocycles. The van der Waals surface area contributed by atoms with Crippen LogP contribution in [-0.4, -0.2) is 11.0 Å². The van der Waals surface area contributed by atoms with Crippen LogP contribution in [0.2, 0.25) is 0 Å². The molecule has 1 aliphatic carbocycles. The first-order chi connectivity index (χ1) is 13.7. The van der Waals surface area contributed by atoms with Crippen molar-refractivity contribution in [2.75, 3.05) is 5.32 Å². The summed E-state index contributed by atoms with van der Waals surface area (Å²) in [5.41, 5.74) is 5.89. The van der Waals surface area contributed by atoms with Crippen molar-refractivity contribution < 1.29 is 9.90 Å². The van der Waals surface area contributed by atoms with Crippen LogP contribution >= 0.6 is 0 Å². The van der Waals surface area contributed by atoms with E-state index in [0.717, 1.165) is 5.57 Å². The summed E-state index contributed by atoms with van der Waals surface area (Å²) < 4.78 is 0. The largest absolute Gasteiger partial charge is 0.508 e. The van der Waals surface area contributed by atoms with E-state index >= 15 is 0 Å². The monoisotopic (exact) mass is 391 g/mol. The molecule has 0 bridgehead atoms. The lowest BCUT2D eigenvalue weighted by Gasteiger charge is -2.32. The Bertz CT molecular complexity index is 878. The van der Waals surface area contributed by atoms with Crippen molar-refractivity contribution in [1.82, 2.24) is 0 Å². The van der Waals surface area contributed by atoms with Crippen LogP contribution in [0.5, 0.6) is 5.75 Å². The number of anilines is 1. The van der Waals surface area contributed by atoms with Crippen molar-refractivity contribution in [1.29, 1.82) is 0 Å². The van der Waals surface area contributed by atoms with E-state index in [2.05, 4.69) is 51.2 Å². The molecule has 2 rings (SSSR count). The maximum Gasteiger partial charge on any atom is 0.248 e. The lowest BCUT2D eigenvalue weighted by molar-refractivity contribution is -0.111. The first-order valence-electron chi connectivity index (χ1n) is 10.2. The summed E-state index contributed by atoms with van der Waals surface area (Å²) in [4.78, 5) is 12.1. The Morgan fingerprint density at radius 2 is 1.79 bits per heavy atom. The Hall–Kier alpha value is -2.81. The van der Waals surface area contributed by atoms with Crippen molar-refractivity contribution in [3.05, 3.63) is 83.0 Å². The Balaban J connectivity index is 1.95. The molecule has 1 aromatic rings. The minimum absolute atomic E-state index is 0.173. The van der Waals surface area contributed by atoms with Crippen LogP contribution in [0.25, 0.3) is 0 Å². The van der Waals surface area contributed by atoms with E-state index in [1.807, 2.05) is 19.1 Å². The molecule has 0 radical (unpaired) electrons. The molecule has 29 heavy (non-hydrogen) atoms. The van der Waals surface area contributed by atoms with E-state index in [1.165, 1.54) is 36.0 Å². The van der Waals surface area contributed by atoms with Crippen molar-refractivity contribution in [3.8, 4) is 5.75 Å². The van der Waals surface area contributed by atoms with Gasteiger partial charge in [-0.05, 0) is 80.9 Å². The molecule has 0 atom stereocenters. The molecule has 0 spiro atoms. The number of aromatic hydroxyl groups is 1. The van der Waals surface area contributed by atoms with Gasteiger partial charge in [0.05, 0.1) is 0 Å². The van der Waals surface area contributed by atoms with E-state index < -0.39 is 0 Å². The average Bonchev–Trinajstić information content (AvgIpc) is 2.62. The van der Waals surface area contributed by atoms with E-state index in [-0.39, 0.29) is 17.1 Å². The number of rotatable bonds is 6. The van der Waals surface area contributed by atoms with Crippen LogP contribution in [0.1, 0.15) is 53.9 Å². The van der Waals surface area contributed by atoms with Crippen LogP contribution in [0.15, 0.2) is 83.0 Å². The van der Waals surface area contributed by atoms with Crippen LogP contribution < -0.4 is 5.32 Å². The second-order valence-corrected chi connectivity index (χ2v) is 8.46. The highest BCUT2D eigenvalue weighted by atomic mass is 16.3. The van der Waals surface area contributed by atoms with Gasteiger partial charge in [0.15, 0.2) is 0 Å². The van der Waals surface area contributed by atoms with Crippen molar-refractivity contribution in [3.63, 3.8) is 0 Å². The number of hydrogen-bond acceptors (Lipinski definition) is 2. The molecular weight excluding hydrogens is 358 g/mol. The fraction of sp³-hybridized carbons (Fsp3) is 0.346. The number of hydrogen-bond donors (Lipinski definition) is 2. The third-order valence-corrected chi connectivity index (χ3v) is 5.27. The predicted octanol–water partition coefficient (Wildman–Crippen LogP) is 6.86. The molecule has 2 N–H and O–H groups in total. The fourth-order valence-corrected chi connectivity index (χ4v) is 3.61. The van der Waals surface area contributed by atoms with Crippen molar-refractivity contribution in [2.45, 2.75) is 53.9 Å². The third-order valence-electron chi connectivity index (χ3n) is 5.27. The lowest BCUT2D eigenvalue weighted by atomic mass is 9.72. The SMILES string of the molecule is CC1=C(/C=C/C(C)=C\C=C\C(C)=C/C(=O)Nc2ccc(O)cc2)C(C)(C)CCC1. The molecule has 1 aliphatic rings. The van der Waals surface area contributed by atoms with E-state index in [0.29, 0.717) is 5.69 Å². The van der Waals surface area contributed by atoms with Gasteiger partial charge in [0.1, 0.15) is 5.75 Å². The number of allylic oxidation sites excluding steroid dienone is 9. The van der Waals surface area contributed by atoms with Gasteiger partial charge in [-0.25, -0.2) is 0 Å². The third kappa shape index (κ3) is 7.26. The van der Waals surface area contributed by atoms with E-state index in [1.54, 1.807) is 30.3 Å². The lowest BCUT2D eigenvalue weighted by Crippen LogP contribution is -2.19. The standard InChI is InChI=1S/C26H33NO2/c1-19(11-16-24-21(3)10-7-17-26(24,4)5)8-6-9-20(2)18-25(29)27-22-12-14-23(28)15-13-22/h6,8-9,11-16,18,28H,7,10,17H2,1-5H3,(H,27,29)/b9-6+,16-11+,19-8-,20-18-. The van der Waals surface area contributed by atoms with Gasteiger partial charge in [-0.3, -0.25) is 4.79 Å². The van der Waals surface area contributed by atoms with Gasteiger partial charge >= 0.3 is 0 Å². The zero-order chi connectivity index (χ0) is 21.4. The molecule has 0 heterocycles. The summed E-state index contributed by atoms with van der Waals surface area (Å²) in [5.74, 6) is -0.0206. The van der Waals surface area contributed by atoms with Crippen LogP contribution in [0.3, 0.4) is 0 Å². The van der Waals surface area contributed by atoms with Gasteiger partial charge < -0.3 is 10.4 Å². The number of carbonyl (C=O) groups is 1. The van der Waals surface area contributed by atoms with Gasteiger partial charge in [-0.1, -0.05) is 55.4 Å². The van der Waals surface area contributed by atoms with Crippen molar-refractivity contribution >= 4 is 11.6 Å². The van der Waals surface area contributed by atoms with E-state index in [4.69, 9.17) is 0 Å². The summed E-state index contributed by atoms with van der Waals surface area (Å²) in [6.45, 7) is 10.9. The molecule has 1 amide bonds. The molecule has 0 unspecified atom stereocenters. The van der Waals surface area contributed by atoms with Crippen LogP contribution in [0.4, 0.5) is 5.69 Å². The summed E-state index contributed by atoms with van der Waals surface area (Å²) in [5, 5.41) is 12.1. The second kappa shape index (κ2) is 10.1. The summed E-state index contributed by atoms with van der Waals surface area (Å²) in [6.07, 6.45) is 15.6. The highest BCUT2D eigenvalue weighted by Gasteiger charge is 2.26. The molecule has 154 valence electrons. The topological polar surface area (TPSA) is 49.3 Å². The Morgan fingerprint density at radius 3 is 2.45 bits per heavy atom. The molecule has 3 heteroatoms. The molecule has 0 saturated heterocycles. The number of phenols is 1. The molecule has 3 nitrogen and oxygen atoms in total. The van der Waals surface area contributed by atoms with Gasteiger partial charge in [0.2, 0.25) is 5.91 Å². The quantitative estimate of drug-likeness (QED) is 0.316. The Labute approximate surface area is 175 Å². The molecule has 0 fully saturated rings. The number of amides is 1. The number of carbonyl (C=O) groups excluding carboxylic acids is 1. The summed E-state index contributed by atoms with van der Waals surface area (Å²) in [7, 11) is 0. The minimum Gasteiger partial charge on any atom is -0.508 e.